The molecule has 5 nitrogen and oxygen atoms in total. The van der Waals surface area contributed by atoms with Crippen LogP contribution in [0.1, 0.15) is 48.9 Å². The molecule has 3 rings (SSSR count). The van der Waals surface area contributed by atoms with Crippen molar-refractivity contribution in [1.82, 2.24) is 19.4 Å². The Morgan fingerprint density at radius 3 is 2.59 bits per heavy atom. The first-order valence-electron chi connectivity index (χ1n) is 7.97. The molecule has 0 aliphatic heterocycles. The summed E-state index contributed by atoms with van der Waals surface area (Å²) in [6.45, 7) is 0. The SMILES string of the molecule is CN(C(=O)c1ccc(-n2ccnc2)nc1)C1CCCCCC1. The molecule has 2 aromatic heterocycles. The van der Waals surface area contributed by atoms with Crippen LogP contribution >= 0.6 is 0 Å². The minimum Gasteiger partial charge on any atom is -0.339 e. The van der Waals surface area contributed by atoms with Crippen LogP contribution < -0.4 is 0 Å². The topological polar surface area (TPSA) is 51.0 Å². The van der Waals surface area contributed by atoms with Crippen molar-refractivity contribution < 1.29 is 4.79 Å². The van der Waals surface area contributed by atoms with Gasteiger partial charge in [0.05, 0.1) is 5.56 Å². The summed E-state index contributed by atoms with van der Waals surface area (Å²) in [5, 5.41) is 0. The number of hydrogen-bond donors (Lipinski definition) is 0. The molecule has 1 aliphatic carbocycles. The quantitative estimate of drug-likeness (QED) is 0.818. The highest BCUT2D eigenvalue weighted by atomic mass is 16.2. The molecule has 1 saturated carbocycles. The number of carbonyl (C=O) groups excluding carboxylic acids is 1. The van der Waals surface area contributed by atoms with E-state index >= 15 is 0 Å². The largest absolute Gasteiger partial charge is 0.339 e. The van der Waals surface area contributed by atoms with Crippen molar-refractivity contribution in [2.24, 2.45) is 0 Å². The molecule has 0 N–H and O–H groups in total. The lowest BCUT2D eigenvalue weighted by Gasteiger charge is -2.27. The molecule has 0 radical (unpaired) electrons. The van der Waals surface area contributed by atoms with Crippen LogP contribution in [0.2, 0.25) is 0 Å². The van der Waals surface area contributed by atoms with E-state index in [1.54, 1.807) is 18.7 Å². The molecule has 5 heteroatoms. The van der Waals surface area contributed by atoms with Gasteiger partial charge < -0.3 is 4.90 Å². The fourth-order valence-electron chi connectivity index (χ4n) is 3.07. The molecule has 0 aromatic carbocycles. The van der Waals surface area contributed by atoms with Gasteiger partial charge in [0, 0.05) is 31.7 Å². The molecule has 0 atom stereocenters. The van der Waals surface area contributed by atoms with Gasteiger partial charge in [-0.15, -0.1) is 0 Å². The van der Waals surface area contributed by atoms with Crippen LogP contribution in [-0.2, 0) is 0 Å². The van der Waals surface area contributed by atoms with Crippen molar-refractivity contribution in [1.29, 1.82) is 0 Å². The summed E-state index contributed by atoms with van der Waals surface area (Å²) in [6.07, 6.45) is 14.2. The number of hydrogen-bond acceptors (Lipinski definition) is 3. The lowest BCUT2D eigenvalue weighted by atomic mass is 10.1. The molecule has 0 saturated heterocycles. The maximum absolute atomic E-state index is 12.6. The Hall–Kier alpha value is -2.17. The van der Waals surface area contributed by atoms with Gasteiger partial charge in [-0.2, -0.15) is 0 Å². The molecular weight excluding hydrogens is 276 g/mol. The summed E-state index contributed by atoms with van der Waals surface area (Å²) >= 11 is 0. The van der Waals surface area contributed by atoms with Crippen LogP contribution in [0.4, 0.5) is 0 Å². The van der Waals surface area contributed by atoms with Gasteiger partial charge in [0.2, 0.25) is 0 Å². The maximum atomic E-state index is 12.6. The molecule has 116 valence electrons. The standard InChI is InChI=1S/C17H22N4O/c1-20(15-6-4-2-3-5-7-15)17(22)14-8-9-16(19-12-14)21-11-10-18-13-21/h8-13,15H,2-7H2,1H3. The summed E-state index contributed by atoms with van der Waals surface area (Å²) in [4.78, 5) is 22.9. The second kappa shape index (κ2) is 6.73. The zero-order valence-corrected chi connectivity index (χ0v) is 13.0. The average Bonchev–Trinajstić information content (AvgIpc) is 2.96. The van der Waals surface area contributed by atoms with Gasteiger partial charge in [-0.3, -0.25) is 9.36 Å². The van der Waals surface area contributed by atoms with Crippen molar-refractivity contribution in [2.45, 2.75) is 44.6 Å². The van der Waals surface area contributed by atoms with Crippen molar-refractivity contribution >= 4 is 5.91 Å². The lowest BCUT2D eigenvalue weighted by Crippen LogP contribution is -2.36. The van der Waals surface area contributed by atoms with Gasteiger partial charge >= 0.3 is 0 Å². The van der Waals surface area contributed by atoms with Gasteiger partial charge in [-0.05, 0) is 25.0 Å². The summed E-state index contributed by atoms with van der Waals surface area (Å²) < 4.78 is 1.82. The van der Waals surface area contributed by atoms with Crippen LogP contribution in [-0.4, -0.2) is 38.4 Å². The van der Waals surface area contributed by atoms with Crippen LogP contribution in [0, 0.1) is 0 Å². The van der Waals surface area contributed by atoms with Gasteiger partial charge in [-0.25, -0.2) is 9.97 Å². The van der Waals surface area contributed by atoms with E-state index in [9.17, 15) is 4.79 Å². The summed E-state index contributed by atoms with van der Waals surface area (Å²) in [5.74, 6) is 0.836. The van der Waals surface area contributed by atoms with E-state index in [-0.39, 0.29) is 5.91 Å². The van der Waals surface area contributed by atoms with E-state index < -0.39 is 0 Å². The molecule has 2 aromatic rings. The predicted octanol–water partition coefficient (Wildman–Crippen LogP) is 3.06. The molecular formula is C17H22N4O. The normalized spacial score (nSPS) is 16.2. The maximum Gasteiger partial charge on any atom is 0.255 e. The molecule has 1 amide bonds. The minimum absolute atomic E-state index is 0.0663. The third-order valence-corrected chi connectivity index (χ3v) is 4.46. The molecule has 1 aliphatic rings. The smallest absolute Gasteiger partial charge is 0.255 e. The number of rotatable bonds is 3. The molecule has 0 bridgehead atoms. The first kappa shape index (κ1) is 14.8. The first-order chi connectivity index (χ1) is 10.8. The fourth-order valence-corrected chi connectivity index (χ4v) is 3.07. The Bertz CT molecular complexity index is 598. The van der Waals surface area contributed by atoms with E-state index in [0.29, 0.717) is 11.6 Å². The first-order valence-corrected chi connectivity index (χ1v) is 7.97. The Kier molecular flexibility index (Phi) is 4.51. The molecule has 0 unspecified atom stereocenters. The van der Waals surface area contributed by atoms with Crippen molar-refractivity contribution in [3.63, 3.8) is 0 Å². The number of amides is 1. The highest BCUT2D eigenvalue weighted by molar-refractivity contribution is 5.94. The zero-order chi connectivity index (χ0) is 15.4. The van der Waals surface area contributed by atoms with Gasteiger partial charge in [0.25, 0.3) is 5.91 Å². The highest BCUT2D eigenvalue weighted by Crippen LogP contribution is 2.22. The number of nitrogens with zero attached hydrogens (tertiary/aromatic N) is 4. The number of pyridine rings is 1. The van der Waals surface area contributed by atoms with E-state index in [1.165, 1.54) is 25.7 Å². The molecule has 22 heavy (non-hydrogen) atoms. The number of aromatic nitrogens is 3. The Morgan fingerprint density at radius 1 is 1.23 bits per heavy atom. The van der Waals surface area contributed by atoms with Crippen LogP contribution in [0.25, 0.3) is 5.82 Å². The predicted molar refractivity (Wildman–Crippen MR) is 84.9 cm³/mol. The molecule has 1 fully saturated rings. The van der Waals surface area contributed by atoms with E-state index in [1.807, 2.05) is 34.8 Å². The summed E-state index contributed by atoms with van der Waals surface area (Å²) in [6, 6.07) is 4.07. The minimum atomic E-state index is 0.0663. The van der Waals surface area contributed by atoms with E-state index in [2.05, 4.69) is 9.97 Å². The fraction of sp³-hybridized carbons (Fsp3) is 0.471. The van der Waals surface area contributed by atoms with Gasteiger partial charge in [-0.1, -0.05) is 25.7 Å². The Labute approximate surface area is 131 Å². The van der Waals surface area contributed by atoms with Crippen LogP contribution in [0.15, 0.2) is 37.1 Å². The lowest BCUT2D eigenvalue weighted by molar-refractivity contribution is 0.0717. The Balaban J connectivity index is 1.71. The van der Waals surface area contributed by atoms with Gasteiger partial charge in [0.1, 0.15) is 12.1 Å². The number of carbonyl (C=O) groups is 1. The second-order valence-electron chi connectivity index (χ2n) is 5.94. The van der Waals surface area contributed by atoms with Crippen molar-refractivity contribution in [3.05, 3.63) is 42.6 Å². The van der Waals surface area contributed by atoms with Crippen LogP contribution in [0.5, 0.6) is 0 Å². The third-order valence-electron chi connectivity index (χ3n) is 4.46. The number of imidazole rings is 1. The third kappa shape index (κ3) is 3.18. The molecule has 2 heterocycles. The van der Waals surface area contributed by atoms with Gasteiger partial charge in [0.15, 0.2) is 0 Å². The monoisotopic (exact) mass is 298 g/mol. The second-order valence-corrected chi connectivity index (χ2v) is 5.94. The van der Waals surface area contributed by atoms with E-state index in [4.69, 9.17) is 0 Å². The van der Waals surface area contributed by atoms with E-state index in [0.717, 1.165) is 18.7 Å². The molecule has 0 spiro atoms. The highest BCUT2D eigenvalue weighted by Gasteiger charge is 2.22. The van der Waals surface area contributed by atoms with Crippen molar-refractivity contribution in [3.8, 4) is 5.82 Å². The Morgan fingerprint density at radius 2 is 2.00 bits per heavy atom. The van der Waals surface area contributed by atoms with Crippen molar-refractivity contribution in [2.75, 3.05) is 7.05 Å². The summed E-state index contributed by atoms with van der Waals surface area (Å²) in [5.41, 5.74) is 0.649. The van der Waals surface area contributed by atoms with Crippen LogP contribution in [0.3, 0.4) is 0 Å². The zero-order valence-electron chi connectivity index (χ0n) is 13.0. The average molecular weight is 298 g/mol. The summed E-state index contributed by atoms with van der Waals surface area (Å²) in [7, 11) is 1.92.